The third kappa shape index (κ3) is 3.06. The maximum atomic E-state index is 10.6. The summed E-state index contributed by atoms with van der Waals surface area (Å²) in [6.07, 6.45) is 1.69. The summed E-state index contributed by atoms with van der Waals surface area (Å²) in [5.41, 5.74) is 5.45. The number of nitrogen functional groups attached to an aromatic ring is 1. The Hall–Kier alpha value is -1.93. The van der Waals surface area contributed by atoms with Crippen LogP contribution in [0.1, 0.15) is 33.3 Å². The molecule has 112 valence electrons. The molecular weight excluding hydrogens is 273 g/mol. The molecule has 1 aromatic heterocycles. The normalized spacial score (nSPS) is 20.1. The Morgan fingerprint density at radius 1 is 1.29 bits per heavy atom. The number of nitrogens with zero attached hydrogens (tertiary/aromatic N) is 2. The second-order valence-electron chi connectivity index (χ2n) is 5.88. The van der Waals surface area contributed by atoms with Crippen LogP contribution in [0.3, 0.4) is 0 Å². The third-order valence-electron chi connectivity index (χ3n) is 3.83. The van der Waals surface area contributed by atoms with E-state index < -0.39 is 23.2 Å². The van der Waals surface area contributed by atoms with Crippen molar-refractivity contribution >= 4 is 24.8 Å². The lowest BCUT2D eigenvalue weighted by molar-refractivity contribution is -0.389. The first kappa shape index (κ1) is 15.5. The van der Waals surface area contributed by atoms with Gasteiger partial charge in [-0.1, -0.05) is 12.1 Å². The molecule has 7 nitrogen and oxygen atoms in total. The summed E-state index contributed by atoms with van der Waals surface area (Å²) in [6, 6.07) is 2.85. The molecule has 2 heterocycles. The summed E-state index contributed by atoms with van der Waals surface area (Å²) >= 11 is 0. The van der Waals surface area contributed by atoms with Crippen LogP contribution in [0.2, 0.25) is 0 Å². The summed E-state index contributed by atoms with van der Waals surface area (Å²) in [6.45, 7) is 7.84. The van der Waals surface area contributed by atoms with E-state index in [-0.39, 0.29) is 11.6 Å². The molecule has 21 heavy (non-hydrogen) atoms. The topological polar surface area (TPSA) is 101 Å². The van der Waals surface area contributed by atoms with Gasteiger partial charge in [-0.2, -0.15) is 0 Å². The van der Waals surface area contributed by atoms with Crippen LogP contribution >= 0.6 is 0 Å². The van der Waals surface area contributed by atoms with Crippen molar-refractivity contribution in [2.24, 2.45) is 0 Å². The maximum Gasteiger partial charge on any atom is 0.487 e. The zero-order valence-electron chi connectivity index (χ0n) is 12.5. The van der Waals surface area contributed by atoms with Gasteiger partial charge in [0.05, 0.1) is 11.2 Å². The number of nitrogens with two attached hydrogens (primary N) is 1. The van der Waals surface area contributed by atoms with Gasteiger partial charge in [0.1, 0.15) is 0 Å². The zero-order chi connectivity index (χ0) is 15.8. The van der Waals surface area contributed by atoms with Crippen molar-refractivity contribution in [1.82, 2.24) is 4.98 Å². The van der Waals surface area contributed by atoms with Crippen LogP contribution in [-0.2, 0) is 9.31 Å². The van der Waals surface area contributed by atoms with Crippen LogP contribution in [0.4, 0.5) is 11.6 Å². The van der Waals surface area contributed by atoms with E-state index >= 15 is 0 Å². The molecule has 1 saturated heterocycles. The Kier molecular flexibility index (Phi) is 3.77. The average molecular weight is 291 g/mol. The minimum Gasteiger partial charge on any atom is -0.400 e. The van der Waals surface area contributed by atoms with E-state index in [9.17, 15) is 10.1 Å². The highest BCUT2D eigenvalue weighted by Gasteiger charge is 2.50. The summed E-state index contributed by atoms with van der Waals surface area (Å²) < 4.78 is 11.6. The fourth-order valence-electron chi connectivity index (χ4n) is 1.87. The molecular formula is C13H18BN3O4. The Morgan fingerprint density at radius 3 is 2.33 bits per heavy atom. The molecule has 1 fully saturated rings. The first-order valence-corrected chi connectivity index (χ1v) is 6.57. The fourth-order valence-corrected chi connectivity index (χ4v) is 1.87. The Labute approximate surface area is 123 Å². The van der Waals surface area contributed by atoms with E-state index in [0.29, 0.717) is 5.56 Å². The summed E-state index contributed by atoms with van der Waals surface area (Å²) in [5, 5.41) is 10.6. The van der Waals surface area contributed by atoms with Gasteiger partial charge < -0.3 is 25.2 Å². The van der Waals surface area contributed by atoms with Gasteiger partial charge in [-0.3, -0.25) is 0 Å². The monoisotopic (exact) mass is 291 g/mol. The first-order chi connectivity index (χ1) is 9.62. The highest BCUT2D eigenvalue weighted by atomic mass is 16.7. The lowest BCUT2D eigenvalue weighted by atomic mass is 9.89. The van der Waals surface area contributed by atoms with Crippen LogP contribution in [0, 0.1) is 10.1 Å². The fraction of sp³-hybridized carbons (Fsp3) is 0.462. The van der Waals surface area contributed by atoms with Crippen LogP contribution in [0.15, 0.2) is 18.1 Å². The van der Waals surface area contributed by atoms with Crippen molar-refractivity contribution < 1.29 is 14.2 Å². The van der Waals surface area contributed by atoms with Crippen molar-refractivity contribution in [3.8, 4) is 0 Å². The summed E-state index contributed by atoms with van der Waals surface area (Å²) in [7, 11) is -0.496. The Morgan fingerprint density at radius 2 is 1.86 bits per heavy atom. The van der Waals surface area contributed by atoms with Crippen molar-refractivity contribution in [2.45, 2.75) is 38.9 Å². The summed E-state index contributed by atoms with van der Waals surface area (Å²) in [4.78, 5) is 13.7. The molecule has 0 amide bonds. The number of pyridine rings is 1. The SMILES string of the molecule is CC1(C)OB(/C=C/c2ccc([N+](=O)[O-])nc2N)OC1(C)C. The first-order valence-electron chi connectivity index (χ1n) is 6.57. The van der Waals surface area contributed by atoms with Gasteiger partial charge in [-0.25, -0.2) is 0 Å². The molecule has 0 saturated carbocycles. The number of rotatable bonds is 3. The van der Waals surface area contributed by atoms with E-state index in [0.717, 1.165) is 0 Å². The van der Waals surface area contributed by atoms with Crippen molar-refractivity contribution in [1.29, 1.82) is 0 Å². The molecule has 1 aromatic rings. The molecule has 2 rings (SSSR count). The average Bonchev–Trinajstić information content (AvgIpc) is 2.56. The van der Waals surface area contributed by atoms with Crippen LogP contribution in [-0.4, -0.2) is 28.2 Å². The van der Waals surface area contributed by atoms with Gasteiger partial charge >= 0.3 is 12.9 Å². The number of hydrogen-bond acceptors (Lipinski definition) is 6. The lowest BCUT2D eigenvalue weighted by Crippen LogP contribution is -2.41. The molecule has 0 bridgehead atoms. The minimum absolute atomic E-state index is 0.0944. The Bertz CT molecular complexity index is 585. The van der Waals surface area contributed by atoms with E-state index in [2.05, 4.69) is 4.98 Å². The number of nitro groups is 1. The van der Waals surface area contributed by atoms with Gasteiger partial charge in [0.25, 0.3) is 0 Å². The molecule has 0 unspecified atom stereocenters. The molecule has 8 heteroatoms. The zero-order valence-corrected chi connectivity index (χ0v) is 12.5. The van der Waals surface area contributed by atoms with Gasteiger partial charge in [0.2, 0.25) is 5.82 Å². The molecule has 0 spiro atoms. The van der Waals surface area contributed by atoms with Crippen molar-refractivity contribution in [2.75, 3.05) is 5.73 Å². The third-order valence-corrected chi connectivity index (χ3v) is 3.83. The molecule has 0 aromatic carbocycles. The lowest BCUT2D eigenvalue weighted by Gasteiger charge is -2.32. The van der Waals surface area contributed by atoms with Crippen molar-refractivity contribution in [3.63, 3.8) is 0 Å². The van der Waals surface area contributed by atoms with E-state index in [1.54, 1.807) is 18.1 Å². The molecule has 0 aliphatic carbocycles. The van der Waals surface area contributed by atoms with E-state index in [1.165, 1.54) is 6.07 Å². The molecule has 0 atom stereocenters. The smallest absolute Gasteiger partial charge is 0.400 e. The number of aromatic nitrogens is 1. The second-order valence-corrected chi connectivity index (χ2v) is 5.88. The van der Waals surface area contributed by atoms with E-state index in [4.69, 9.17) is 15.0 Å². The van der Waals surface area contributed by atoms with Gasteiger partial charge in [0, 0.05) is 11.6 Å². The predicted octanol–water partition coefficient (Wildman–Crippen LogP) is 2.22. The largest absolute Gasteiger partial charge is 0.487 e. The van der Waals surface area contributed by atoms with Crippen LogP contribution in [0.5, 0.6) is 0 Å². The highest BCUT2D eigenvalue weighted by molar-refractivity contribution is 6.52. The number of hydrogen-bond donors (Lipinski definition) is 1. The predicted molar refractivity (Wildman–Crippen MR) is 80.4 cm³/mol. The van der Waals surface area contributed by atoms with Crippen LogP contribution < -0.4 is 5.73 Å². The quantitative estimate of drug-likeness (QED) is 0.520. The molecule has 0 radical (unpaired) electrons. The molecule has 1 aliphatic rings. The van der Waals surface area contributed by atoms with Gasteiger partial charge in [-0.05, 0) is 43.7 Å². The van der Waals surface area contributed by atoms with Crippen LogP contribution in [0.25, 0.3) is 6.08 Å². The molecule has 2 N–H and O–H groups in total. The maximum absolute atomic E-state index is 10.6. The Balaban J connectivity index is 2.14. The highest BCUT2D eigenvalue weighted by Crippen LogP contribution is 2.37. The number of anilines is 1. The second kappa shape index (κ2) is 5.12. The summed E-state index contributed by atoms with van der Waals surface area (Å²) in [5.74, 6) is 1.53. The van der Waals surface area contributed by atoms with Gasteiger partial charge in [0.15, 0.2) is 0 Å². The molecule has 1 aliphatic heterocycles. The van der Waals surface area contributed by atoms with Gasteiger partial charge in [-0.15, -0.1) is 0 Å². The van der Waals surface area contributed by atoms with E-state index in [1.807, 2.05) is 27.7 Å². The minimum atomic E-state index is -0.585. The van der Waals surface area contributed by atoms with Crippen molar-refractivity contribution in [3.05, 3.63) is 33.8 Å². The standard InChI is InChI=1S/C13H18BN3O4/c1-12(2)13(3,4)21-14(20-12)8-7-9-5-6-10(17(18)19)16-11(9)15/h5-8H,1-4H3,(H2,15,16)/b8-7+.